The van der Waals surface area contributed by atoms with Gasteiger partial charge >= 0.3 is 0 Å². The highest BCUT2D eigenvalue weighted by molar-refractivity contribution is 5.76. The van der Waals surface area contributed by atoms with Gasteiger partial charge in [-0.3, -0.25) is 9.69 Å². The second-order valence-corrected chi connectivity index (χ2v) is 10.5. The third-order valence-electron chi connectivity index (χ3n) is 7.47. The molecule has 0 atom stereocenters. The Morgan fingerprint density at radius 1 is 1.08 bits per heavy atom. The standard InChI is InChI=1S/C29H32F3N5O2/c1-17(2)37-9-10-39-28-23(31)13-21(14-25(28)37)27-24(32)15-34-26(35-27)12-18-3-4-20(22(30)11-18)16-36-7-5-19(6-8-36)29(33)38/h3-4,11,13-15,17,19H,5-10,12,16H2,1-2H3,(H2,33,38). The summed E-state index contributed by atoms with van der Waals surface area (Å²) < 4.78 is 50.3. The zero-order chi connectivity index (χ0) is 27.7. The number of ether oxygens (including phenoxy) is 1. The van der Waals surface area contributed by atoms with E-state index in [-0.39, 0.29) is 47.1 Å². The van der Waals surface area contributed by atoms with Crippen molar-refractivity contribution < 1.29 is 22.7 Å². The fourth-order valence-electron chi connectivity index (χ4n) is 5.29. The minimum Gasteiger partial charge on any atom is -0.486 e. The summed E-state index contributed by atoms with van der Waals surface area (Å²) in [4.78, 5) is 24.0. The Kier molecular flexibility index (Phi) is 7.74. The van der Waals surface area contributed by atoms with Gasteiger partial charge in [-0.05, 0) is 63.5 Å². The Labute approximate surface area is 225 Å². The molecular weight excluding hydrogens is 507 g/mol. The number of amides is 1. The molecule has 2 aliphatic heterocycles. The molecule has 1 saturated heterocycles. The van der Waals surface area contributed by atoms with Crippen LogP contribution in [0, 0.1) is 23.4 Å². The maximum atomic E-state index is 15.0. The summed E-state index contributed by atoms with van der Waals surface area (Å²) in [5.41, 5.74) is 7.41. The quantitative estimate of drug-likeness (QED) is 0.478. The molecule has 10 heteroatoms. The van der Waals surface area contributed by atoms with Gasteiger partial charge in [0.2, 0.25) is 5.91 Å². The molecule has 0 aliphatic carbocycles. The number of halogens is 3. The van der Waals surface area contributed by atoms with Gasteiger partial charge < -0.3 is 15.4 Å². The van der Waals surface area contributed by atoms with E-state index in [1.807, 2.05) is 18.7 Å². The number of anilines is 1. The van der Waals surface area contributed by atoms with Gasteiger partial charge in [-0.15, -0.1) is 0 Å². The van der Waals surface area contributed by atoms with Gasteiger partial charge in [0, 0.05) is 36.1 Å². The van der Waals surface area contributed by atoms with Crippen molar-refractivity contribution in [2.75, 3.05) is 31.1 Å². The Balaban J connectivity index is 1.33. The van der Waals surface area contributed by atoms with Gasteiger partial charge in [-0.25, -0.2) is 23.1 Å². The van der Waals surface area contributed by atoms with Crippen LogP contribution in [-0.4, -0.2) is 53.1 Å². The van der Waals surface area contributed by atoms with E-state index in [1.54, 1.807) is 18.2 Å². The second kappa shape index (κ2) is 11.2. The minimum atomic E-state index is -0.674. The number of primary amides is 1. The summed E-state index contributed by atoms with van der Waals surface area (Å²) in [6.07, 6.45) is 2.60. The highest BCUT2D eigenvalue weighted by atomic mass is 19.1. The third kappa shape index (κ3) is 5.85. The lowest BCUT2D eigenvalue weighted by atomic mass is 9.96. The molecule has 0 bridgehead atoms. The molecule has 3 aromatic rings. The molecule has 1 amide bonds. The molecule has 2 N–H and O–H groups in total. The van der Waals surface area contributed by atoms with Crippen LogP contribution in [0.4, 0.5) is 18.9 Å². The molecule has 39 heavy (non-hydrogen) atoms. The Hall–Kier alpha value is -3.66. The van der Waals surface area contributed by atoms with E-state index < -0.39 is 11.6 Å². The number of carbonyl (C=O) groups excluding carboxylic acids is 1. The number of nitrogens with two attached hydrogens (primary N) is 1. The lowest BCUT2D eigenvalue weighted by Crippen LogP contribution is -2.38. The average molecular weight is 540 g/mol. The predicted octanol–water partition coefficient (Wildman–Crippen LogP) is 4.46. The van der Waals surface area contributed by atoms with Crippen LogP contribution in [0.1, 0.15) is 43.6 Å². The number of likely N-dealkylation sites (tertiary alicyclic amines) is 1. The van der Waals surface area contributed by atoms with Crippen molar-refractivity contribution >= 4 is 11.6 Å². The van der Waals surface area contributed by atoms with Crippen LogP contribution in [0.3, 0.4) is 0 Å². The van der Waals surface area contributed by atoms with E-state index >= 15 is 0 Å². The largest absolute Gasteiger partial charge is 0.486 e. The molecule has 1 fully saturated rings. The van der Waals surface area contributed by atoms with Gasteiger partial charge in [-0.2, -0.15) is 0 Å². The molecule has 0 radical (unpaired) electrons. The van der Waals surface area contributed by atoms with Crippen LogP contribution >= 0.6 is 0 Å². The van der Waals surface area contributed by atoms with E-state index in [9.17, 15) is 18.0 Å². The van der Waals surface area contributed by atoms with Gasteiger partial charge in [-0.1, -0.05) is 12.1 Å². The Morgan fingerprint density at radius 3 is 2.54 bits per heavy atom. The molecule has 206 valence electrons. The number of hydrogen-bond acceptors (Lipinski definition) is 6. The van der Waals surface area contributed by atoms with Crippen LogP contribution in [0.25, 0.3) is 11.3 Å². The normalized spacial score (nSPS) is 16.3. The maximum Gasteiger partial charge on any atom is 0.220 e. The second-order valence-electron chi connectivity index (χ2n) is 10.5. The summed E-state index contributed by atoms with van der Waals surface area (Å²) in [7, 11) is 0. The van der Waals surface area contributed by atoms with Gasteiger partial charge in [0.25, 0.3) is 0 Å². The van der Waals surface area contributed by atoms with E-state index in [0.717, 1.165) is 6.20 Å². The highest BCUT2D eigenvalue weighted by Gasteiger charge is 2.26. The molecule has 3 heterocycles. The molecular formula is C29H32F3N5O2. The van der Waals surface area contributed by atoms with Crippen molar-refractivity contribution in [2.45, 2.75) is 45.7 Å². The maximum absolute atomic E-state index is 15.0. The molecule has 0 saturated carbocycles. The zero-order valence-electron chi connectivity index (χ0n) is 22.1. The van der Waals surface area contributed by atoms with Gasteiger partial charge in [0.1, 0.15) is 23.9 Å². The number of nitrogens with zero attached hydrogens (tertiary/aromatic N) is 4. The fraction of sp³-hybridized carbons (Fsp3) is 0.414. The molecule has 2 aliphatic rings. The van der Waals surface area contributed by atoms with Crippen molar-refractivity contribution in [1.82, 2.24) is 14.9 Å². The van der Waals surface area contributed by atoms with Crippen molar-refractivity contribution in [3.05, 3.63) is 70.9 Å². The third-order valence-corrected chi connectivity index (χ3v) is 7.47. The predicted molar refractivity (Wildman–Crippen MR) is 142 cm³/mol. The summed E-state index contributed by atoms with van der Waals surface area (Å²) in [6.45, 7) is 6.78. The number of fused-ring (bicyclic) bond motifs is 1. The van der Waals surface area contributed by atoms with Gasteiger partial charge in [0.15, 0.2) is 17.4 Å². The topological polar surface area (TPSA) is 84.6 Å². The molecule has 5 rings (SSSR count). The molecule has 2 aromatic carbocycles. The van der Waals surface area contributed by atoms with Crippen LogP contribution in [0.2, 0.25) is 0 Å². The van der Waals surface area contributed by atoms with Crippen molar-refractivity contribution in [1.29, 1.82) is 0 Å². The highest BCUT2D eigenvalue weighted by Crippen LogP contribution is 2.39. The number of rotatable bonds is 7. The summed E-state index contributed by atoms with van der Waals surface area (Å²) in [5.74, 6) is -1.55. The first-order chi connectivity index (χ1) is 18.7. The SMILES string of the molecule is CC(C)N1CCOc2c(F)cc(-c3nc(Cc4ccc(CN5CCC(C(N)=O)CC5)c(F)c4)ncc3F)cc21. The molecule has 0 spiro atoms. The van der Waals surface area contributed by atoms with E-state index in [0.29, 0.717) is 68.3 Å². The van der Waals surface area contributed by atoms with Gasteiger partial charge in [0.05, 0.1) is 18.4 Å². The summed E-state index contributed by atoms with van der Waals surface area (Å²) >= 11 is 0. The minimum absolute atomic E-state index is 0.0209. The lowest BCUT2D eigenvalue weighted by Gasteiger charge is -2.34. The lowest BCUT2D eigenvalue weighted by molar-refractivity contribution is -0.123. The first-order valence-corrected chi connectivity index (χ1v) is 13.2. The Bertz CT molecular complexity index is 1380. The van der Waals surface area contributed by atoms with Crippen molar-refractivity contribution in [3.63, 3.8) is 0 Å². The fourth-order valence-corrected chi connectivity index (χ4v) is 5.29. The van der Waals surface area contributed by atoms with Crippen LogP contribution < -0.4 is 15.4 Å². The average Bonchev–Trinajstić information content (AvgIpc) is 2.91. The monoisotopic (exact) mass is 539 g/mol. The number of carbonyl (C=O) groups is 1. The summed E-state index contributed by atoms with van der Waals surface area (Å²) in [6, 6.07) is 7.99. The first kappa shape index (κ1) is 26.9. The van der Waals surface area contributed by atoms with E-state index in [1.165, 1.54) is 12.1 Å². The number of benzene rings is 2. The van der Waals surface area contributed by atoms with Crippen LogP contribution in [-0.2, 0) is 17.8 Å². The van der Waals surface area contributed by atoms with E-state index in [2.05, 4.69) is 14.9 Å². The van der Waals surface area contributed by atoms with Crippen LogP contribution in [0.5, 0.6) is 5.75 Å². The Morgan fingerprint density at radius 2 is 1.85 bits per heavy atom. The first-order valence-electron chi connectivity index (χ1n) is 13.2. The summed E-state index contributed by atoms with van der Waals surface area (Å²) in [5, 5.41) is 0. The zero-order valence-corrected chi connectivity index (χ0v) is 22.1. The molecule has 1 aromatic heterocycles. The molecule has 0 unspecified atom stereocenters. The number of aromatic nitrogens is 2. The number of hydrogen-bond donors (Lipinski definition) is 1. The number of piperidine rings is 1. The molecule has 7 nitrogen and oxygen atoms in total. The van der Waals surface area contributed by atoms with Crippen molar-refractivity contribution in [2.24, 2.45) is 11.7 Å². The van der Waals surface area contributed by atoms with E-state index in [4.69, 9.17) is 10.5 Å². The van der Waals surface area contributed by atoms with Crippen molar-refractivity contribution in [3.8, 4) is 17.0 Å². The smallest absolute Gasteiger partial charge is 0.220 e. The van der Waals surface area contributed by atoms with Crippen LogP contribution in [0.15, 0.2) is 36.5 Å².